The molecule has 8 heteroatoms. The van der Waals surface area contributed by atoms with Gasteiger partial charge >= 0.3 is 0 Å². The summed E-state index contributed by atoms with van der Waals surface area (Å²) in [6, 6.07) is 9.06. The number of benzene rings is 2. The fraction of sp³-hybridized carbons (Fsp3) is 0.130. The fourth-order valence-corrected chi connectivity index (χ4v) is 4.48. The minimum atomic E-state index is -0.262. The van der Waals surface area contributed by atoms with Crippen molar-refractivity contribution in [1.29, 1.82) is 0 Å². The van der Waals surface area contributed by atoms with E-state index in [1.54, 1.807) is 31.6 Å². The van der Waals surface area contributed by atoms with Gasteiger partial charge in [0.2, 0.25) is 5.91 Å². The lowest BCUT2D eigenvalue weighted by Gasteiger charge is -2.10. The third-order valence-corrected chi connectivity index (χ3v) is 6.16. The Balaban J connectivity index is 1.75. The molecule has 0 spiro atoms. The molecule has 5 nitrogen and oxygen atoms in total. The number of methoxy groups -OCH3 is 1. The SMILES string of the molecule is COc1cc2occ(-c3ccc(Cl)cc3Cl)c2cc1/C(C)=C/C(=O)Nc1nc(C)cs1. The topological polar surface area (TPSA) is 64.4 Å². The zero-order chi connectivity index (χ0) is 22.1. The number of thiazole rings is 1. The predicted octanol–water partition coefficient (Wildman–Crippen LogP) is 7.22. The highest BCUT2D eigenvalue weighted by atomic mass is 35.5. The highest BCUT2D eigenvalue weighted by Gasteiger charge is 2.16. The lowest BCUT2D eigenvalue weighted by Crippen LogP contribution is -2.08. The molecule has 31 heavy (non-hydrogen) atoms. The molecule has 4 aromatic rings. The van der Waals surface area contributed by atoms with Crippen molar-refractivity contribution < 1.29 is 13.9 Å². The lowest BCUT2D eigenvalue weighted by molar-refractivity contribution is -0.111. The minimum absolute atomic E-state index is 0.262. The van der Waals surface area contributed by atoms with E-state index < -0.39 is 0 Å². The lowest BCUT2D eigenvalue weighted by atomic mass is 9.99. The second-order valence-corrected chi connectivity index (χ2v) is 8.63. The Morgan fingerprint density at radius 1 is 1.23 bits per heavy atom. The Labute approximate surface area is 193 Å². The van der Waals surface area contributed by atoms with Gasteiger partial charge in [0.25, 0.3) is 0 Å². The van der Waals surface area contributed by atoms with Gasteiger partial charge in [0.1, 0.15) is 11.3 Å². The number of fused-ring (bicyclic) bond motifs is 1. The Bertz CT molecular complexity index is 1320. The number of anilines is 1. The summed E-state index contributed by atoms with van der Waals surface area (Å²) in [7, 11) is 1.58. The monoisotopic (exact) mass is 472 g/mol. The number of carbonyl (C=O) groups is 1. The van der Waals surface area contributed by atoms with E-state index in [1.165, 1.54) is 17.4 Å². The van der Waals surface area contributed by atoms with Crippen LogP contribution in [-0.2, 0) is 4.79 Å². The maximum Gasteiger partial charge on any atom is 0.250 e. The maximum absolute atomic E-state index is 12.5. The summed E-state index contributed by atoms with van der Waals surface area (Å²) in [5.41, 5.74) is 4.65. The van der Waals surface area contributed by atoms with Gasteiger partial charge in [0.05, 0.1) is 24.1 Å². The molecule has 0 aliphatic heterocycles. The Morgan fingerprint density at radius 2 is 2.03 bits per heavy atom. The fourth-order valence-electron chi connectivity index (χ4n) is 3.28. The number of hydrogen-bond acceptors (Lipinski definition) is 5. The summed E-state index contributed by atoms with van der Waals surface area (Å²) < 4.78 is 11.3. The number of nitrogens with zero attached hydrogens (tertiary/aromatic N) is 1. The van der Waals surface area contributed by atoms with Gasteiger partial charge in [-0.2, -0.15) is 0 Å². The number of furan rings is 1. The van der Waals surface area contributed by atoms with Crippen LogP contribution >= 0.6 is 34.5 Å². The second-order valence-electron chi connectivity index (χ2n) is 6.93. The molecule has 0 bridgehead atoms. The molecule has 0 saturated carbocycles. The van der Waals surface area contributed by atoms with Gasteiger partial charge in [-0.1, -0.05) is 29.3 Å². The van der Waals surface area contributed by atoms with Crippen molar-refractivity contribution in [3.63, 3.8) is 0 Å². The van der Waals surface area contributed by atoms with Gasteiger partial charge < -0.3 is 9.15 Å². The molecule has 2 heterocycles. The average Bonchev–Trinajstić information content (AvgIpc) is 3.32. The van der Waals surface area contributed by atoms with Crippen LogP contribution in [0, 0.1) is 6.92 Å². The van der Waals surface area contributed by atoms with E-state index in [0.29, 0.717) is 26.5 Å². The van der Waals surface area contributed by atoms with Crippen LogP contribution in [0.5, 0.6) is 5.75 Å². The molecule has 0 saturated heterocycles. The summed E-state index contributed by atoms with van der Waals surface area (Å²) in [6.07, 6.45) is 3.18. The first kappa shape index (κ1) is 21.4. The van der Waals surface area contributed by atoms with E-state index in [2.05, 4.69) is 10.3 Å². The standard InChI is InChI=1S/C23H18Cl2N2O3S/c1-12(6-22(28)27-23-26-13(2)11-31-23)16-8-17-18(10-30-21(17)9-20(16)29-3)15-5-4-14(24)7-19(15)25/h4-11H,1-3H3,(H,26,27,28)/b12-6+. The Hall–Kier alpha value is -2.80. The van der Waals surface area contributed by atoms with Crippen molar-refractivity contribution in [2.75, 3.05) is 12.4 Å². The molecule has 0 radical (unpaired) electrons. The quantitative estimate of drug-likeness (QED) is 0.311. The van der Waals surface area contributed by atoms with Crippen LogP contribution in [0.15, 0.2) is 52.5 Å². The van der Waals surface area contributed by atoms with E-state index in [-0.39, 0.29) is 5.91 Å². The number of aryl methyl sites for hydroxylation is 1. The number of allylic oxidation sites excluding steroid dienone is 1. The van der Waals surface area contributed by atoms with Crippen LogP contribution in [0.1, 0.15) is 18.2 Å². The van der Waals surface area contributed by atoms with Crippen molar-refractivity contribution in [2.24, 2.45) is 0 Å². The van der Waals surface area contributed by atoms with Crippen LogP contribution in [0.2, 0.25) is 10.0 Å². The largest absolute Gasteiger partial charge is 0.496 e. The van der Waals surface area contributed by atoms with Crippen LogP contribution in [-0.4, -0.2) is 18.0 Å². The molecule has 0 aliphatic rings. The van der Waals surface area contributed by atoms with E-state index in [4.69, 9.17) is 32.4 Å². The van der Waals surface area contributed by atoms with Gasteiger partial charge in [-0.3, -0.25) is 10.1 Å². The first-order valence-corrected chi connectivity index (χ1v) is 11.0. The molecular weight excluding hydrogens is 455 g/mol. The Kier molecular flexibility index (Phi) is 6.05. The van der Waals surface area contributed by atoms with Gasteiger partial charge in [-0.15, -0.1) is 11.3 Å². The third kappa shape index (κ3) is 4.46. The summed E-state index contributed by atoms with van der Waals surface area (Å²) in [5, 5.41) is 7.16. The molecule has 2 aromatic carbocycles. The second kappa shape index (κ2) is 8.75. The highest BCUT2D eigenvalue weighted by Crippen LogP contribution is 2.40. The van der Waals surface area contributed by atoms with Crippen molar-refractivity contribution in [3.8, 4) is 16.9 Å². The zero-order valence-corrected chi connectivity index (χ0v) is 19.3. The molecule has 0 atom stereocenters. The summed E-state index contributed by atoms with van der Waals surface area (Å²) in [5.74, 6) is 0.337. The van der Waals surface area contributed by atoms with Crippen molar-refractivity contribution in [1.82, 2.24) is 4.98 Å². The number of aromatic nitrogens is 1. The number of ether oxygens (including phenoxy) is 1. The molecule has 158 valence electrons. The molecule has 0 fully saturated rings. The number of rotatable bonds is 5. The number of nitrogens with one attached hydrogen (secondary N) is 1. The van der Waals surface area contributed by atoms with Gasteiger partial charge in [-0.25, -0.2) is 4.98 Å². The zero-order valence-electron chi connectivity index (χ0n) is 17.0. The van der Waals surface area contributed by atoms with Crippen molar-refractivity contribution in [2.45, 2.75) is 13.8 Å². The van der Waals surface area contributed by atoms with Gasteiger partial charge in [0.15, 0.2) is 5.13 Å². The Morgan fingerprint density at radius 3 is 2.71 bits per heavy atom. The van der Waals surface area contributed by atoms with E-state index in [0.717, 1.165) is 33.3 Å². The van der Waals surface area contributed by atoms with E-state index in [9.17, 15) is 4.79 Å². The van der Waals surface area contributed by atoms with Crippen molar-refractivity contribution >= 4 is 62.1 Å². The summed E-state index contributed by atoms with van der Waals surface area (Å²) >= 11 is 13.8. The number of carbonyl (C=O) groups excluding carboxylic acids is 1. The number of amides is 1. The molecule has 0 aliphatic carbocycles. The number of hydrogen-bond donors (Lipinski definition) is 1. The average molecular weight is 473 g/mol. The van der Waals surface area contributed by atoms with Gasteiger partial charge in [-0.05, 0) is 37.6 Å². The number of halogens is 2. The molecule has 1 N–H and O–H groups in total. The summed E-state index contributed by atoms with van der Waals surface area (Å²) in [6.45, 7) is 3.73. The van der Waals surface area contributed by atoms with E-state index >= 15 is 0 Å². The molecule has 1 amide bonds. The van der Waals surface area contributed by atoms with E-state index in [1.807, 2.05) is 31.4 Å². The smallest absolute Gasteiger partial charge is 0.250 e. The normalized spacial score (nSPS) is 11.7. The van der Waals surface area contributed by atoms with Crippen LogP contribution in [0.25, 0.3) is 27.7 Å². The highest BCUT2D eigenvalue weighted by molar-refractivity contribution is 7.13. The molecule has 2 aromatic heterocycles. The molecule has 0 unspecified atom stereocenters. The summed E-state index contributed by atoms with van der Waals surface area (Å²) in [4.78, 5) is 16.7. The molecule has 4 rings (SSSR count). The van der Waals surface area contributed by atoms with Crippen LogP contribution in [0.3, 0.4) is 0 Å². The van der Waals surface area contributed by atoms with Crippen LogP contribution in [0.4, 0.5) is 5.13 Å². The minimum Gasteiger partial charge on any atom is -0.496 e. The first-order chi connectivity index (χ1) is 14.9. The maximum atomic E-state index is 12.5. The first-order valence-electron chi connectivity index (χ1n) is 9.32. The molecular formula is C23H18Cl2N2O3S. The van der Waals surface area contributed by atoms with Gasteiger partial charge in [0, 0.05) is 44.6 Å². The van der Waals surface area contributed by atoms with Crippen LogP contribution < -0.4 is 10.1 Å². The van der Waals surface area contributed by atoms with Crippen molar-refractivity contribution in [3.05, 3.63) is 69.4 Å². The third-order valence-electron chi connectivity index (χ3n) is 4.74. The predicted molar refractivity (Wildman–Crippen MR) is 127 cm³/mol.